The van der Waals surface area contributed by atoms with Crippen molar-refractivity contribution in [1.29, 1.82) is 0 Å². The molecule has 0 spiro atoms. The molecular formula is C13H15F2N3OS. The van der Waals surface area contributed by atoms with Crippen molar-refractivity contribution in [3.8, 4) is 5.75 Å². The molecule has 108 valence electrons. The molecule has 1 unspecified atom stereocenters. The van der Waals surface area contributed by atoms with Crippen molar-refractivity contribution in [2.24, 2.45) is 5.84 Å². The number of hydrogen-bond acceptors (Lipinski definition) is 5. The van der Waals surface area contributed by atoms with E-state index < -0.39 is 6.61 Å². The number of hydrazine groups is 1. The summed E-state index contributed by atoms with van der Waals surface area (Å²) in [7, 11) is 0. The fourth-order valence-electron chi connectivity index (χ4n) is 1.85. The molecule has 20 heavy (non-hydrogen) atoms. The predicted octanol–water partition coefficient (Wildman–Crippen LogP) is 2.80. The summed E-state index contributed by atoms with van der Waals surface area (Å²) in [5.41, 5.74) is 4.41. The van der Waals surface area contributed by atoms with Crippen LogP contribution in [0.2, 0.25) is 0 Å². The van der Waals surface area contributed by atoms with Crippen LogP contribution in [-0.2, 0) is 6.42 Å². The van der Waals surface area contributed by atoms with E-state index in [1.807, 2.05) is 18.4 Å². The smallest absolute Gasteiger partial charge is 0.387 e. The van der Waals surface area contributed by atoms with E-state index >= 15 is 0 Å². The molecule has 1 aromatic carbocycles. The Hall–Kier alpha value is -1.57. The molecule has 0 bridgehead atoms. The van der Waals surface area contributed by atoms with Crippen molar-refractivity contribution in [2.75, 3.05) is 0 Å². The SMILES string of the molecule is Cc1csc(CC(NN)c2cccc(OC(F)F)c2)n1. The fourth-order valence-corrected chi connectivity index (χ4v) is 2.67. The highest BCUT2D eigenvalue weighted by atomic mass is 32.1. The zero-order valence-electron chi connectivity index (χ0n) is 10.8. The van der Waals surface area contributed by atoms with Crippen LogP contribution >= 0.6 is 11.3 Å². The molecule has 3 N–H and O–H groups in total. The Balaban J connectivity index is 2.14. The second-order valence-electron chi connectivity index (χ2n) is 4.26. The quantitative estimate of drug-likeness (QED) is 0.636. The third-order valence-electron chi connectivity index (χ3n) is 2.73. The maximum Gasteiger partial charge on any atom is 0.387 e. The maximum absolute atomic E-state index is 12.2. The molecule has 0 aliphatic carbocycles. The molecule has 7 heteroatoms. The van der Waals surface area contributed by atoms with E-state index in [2.05, 4.69) is 15.1 Å². The lowest BCUT2D eigenvalue weighted by atomic mass is 10.0. The van der Waals surface area contributed by atoms with Crippen molar-refractivity contribution in [3.05, 3.63) is 45.9 Å². The molecule has 1 atom stereocenters. The van der Waals surface area contributed by atoms with Crippen LogP contribution in [0.5, 0.6) is 5.75 Å². The first-order valence-corrected chi connectivity index (χ1v) is 6.88. The lowest BCUT2D eigenvalue weighted by Crippen LogP contribution is -2.29. The lowest BCUT2D eigenvalue weighted by molar-refractivity contribution is -0.0499. The minimum atomic E-state index is -2.84. The van der Waals surface area contributed by atoms with Gasteiger partial charge in [0.05, 0.1) is 11.0 Å². The van der Waals surface area contributed by atoms with Gasteiger partial charge in [-0.3, -0.25) is 11.3 Å². The topological polar surface area (TPSA) is 60.2 Å². The number of alkyl halides is 2. The van der Waals surface area contributed by atoms with Gasteiger partial charge in [0, 0.05) is 17.5 Å². The van der Waals surface area contributed by atoms with E-state index in [1.54, 1.807) is 23.5 Å². The molecule has 0 saturated carbocycles. The Kier molecular flexibility index (Phi) is 4.99. The number of nitrogens with two attached hydrogens (primary N) is 1. The molecule has 0 aliphatic rings. The van der Waals surface area contributed by atoms with Crippen molar-refractivity contribution in [1.82, 2.24) is 10.4 Å². The van der Waals surface area contributed by atoms with Gasteiger partial charge in [-0.2, -0.15) is 8.78 Å². The summed E-state index contributed by atoms with van der Waals surface area (Å²) in [6, 6.07) is 6.30. The third kappa shape index (κ3) is 3.96. The molecule has 0 amide bonds. The van der Waals surface area contributed by atoms with Crippen molar-refractivity contribution >= 4 is 11.3 Å². The number of ether oxygens (including phenoxy) is 1. The van der Waals surface area contributed by atoms with E-state index in [-0.39, 0.29) is 11.8 Å². The monoisotopic (exact) mass is 299 g/mol. The molecule has 0 radical (unpaired) electrons. The predicted molar refractivity (Wildman–Crippen MR) is 73.7 cm³/mol. The van der Waals surface area contributed by atoms with Gasteiger partial charge in [0.25, 0.3) is 0 Å². The van der Waals surface area contributed by atoms with Gasteiger partial charge in [0.15, 0.2) is 0 Å². The zero-order chi connectivity index (χ0) is 14.5. The fraction of sp³-hybridized carbons (Fsp3) is 0.308. The molecular weight excluding hydrogens is 284 g/mol. The second kappa shape index (κ2) is 6.74. The summed E-state index contributed by atoms with van der Waals surface area (Å²) in [5.74, 6) is 5.67. The Labute approximate surface area is 119 Å². The van der Waals surface area contributed by atoms with Gasteiger partial charge in [0.1, 0.15) is 5.75 Å². The second-order valence-corrected chi connectivity index (χ2v) is 5.20. The van der Waals surface area contributed by atoms with E-state index in [9.17, 15) is 8.78 Å². The summed E-state index contributed by atoms with van der Waals surface area (Å²) in [6.07, 6.45) is 0.590. The highest BCUT2D eigenvalue weighted by Gasteiger charge is 2.14. The summed E-state index contributed by atoms with van der Waals surface area (Å²) in [4.78, 5) is 4.37. The van der Waals surface area contributed by atoms with Gasteiger partial charge in [0.2, 0.25) is 0 Å². The average molecular weight is 299 g/mol. The lowest BCUT2D eigenvalue weighted by Gasteiger charge is -2.16. The molecule has 1 heterocycles. The number of benzene rings is 1. The largest absolute Gasteiger partial charge is 0.435 e. The van der Waals surface area contributed by atoms with E-state index in [0.29, 0.717) is 6.42 Å². The molecule has 0 fully saturated rings. The summed E-state index contributed by atoms with van der Waals surface area (Å²) in [5, 5.41) is 2.89. The van der Waals surface area contributed by atoms with Crippen molar-refractivity contribution in [2.45, 2.75) is 26.0 Å². The summed E-state index contributed by atoms with van der Waals surface area (Å²) >= 11 is 1.54. The summed E-state index contributed by atoms with van der Waals surface area (Å²) in [6.45, 7) is -0.918. The molecule has 2 rings (SSSR count). The number of rotatable bonds is 6. The van der Waals surface area contributed by atoms with Gasteiger partial charge in [-0.05, 0) is 24.6 Å². The van der Waals surface area contributed by atoms with Crippen LogP contribution < -0.4 is 16.0 Å². The molecule has 4 nitrogen and oxygen atoms in total. The Morgan fingerprint density at radius 1 is 1.45 bits per heavy atom. The summed E-state index contributed by atoms with van der Waals surface area (Å²) < 4.78 is 28.8. The molecule has 1 aromatic heterocycles. The first-order chi connectivity index (χ1) is 9.58. The molecule has 0 aliphatic heterocycles. The average Bonchev–Trinajstić information content (AvgIpc) is 2.81. The van der Waals surface area contributed by atoms with Gasteiger partial charge in [-0.25, -0.2) is 4.98 Å². The van der Waals surface area contributed by atoms with Crippen LogP contribution in [-0.4, -0.2) is 11.6 Å². The maximum atomic E-state index is 12.2. The zero-order valence-corrected chi connectivity index (χ0v) is 11.7. The van der Waals surface area contributed by atoms with Crippen LogP contribution in [0.15, 0.2) is 29.6 Å². The van der Waals surface area contributed by atoms with E-state index in [4.69, 9.17) is 5.84 Å². The Morgan fingerprint density at radius 3 is 2.85 bits per heavy atom. The standard InChI is InChI=1S/C13H15F2N3OS/c1-8-7-20-12(17-8)6-11(18-16)9-3-2-4-10(5-9)19-13(14)15/h2-5,7,11,13,18H,6,16H2,1H3. The van der Waals surface area contributed by atoms with Crippen LogP contribution in [0.3, 0.4) is 0 Å². The first-order valence-electron chi connectivity index (χ1n) is 6.00. The minimum Gasteiger partial charge on any atom is -0.435 e. The highest BCUT2D eigenvalue weighted by Crippen LogP contribution is 2.24. The molecule has 0 saturated heterocycles. The van der Waals surface area contributed by atoms with Gasteiger partial charge in [-0.15, -0.1) is 11.3 Å². The molecule has 2 aromatic rings. The van der Waals surface area contributed by atoms with Crippen LogP contribution in [0.1, 0.15) is 22.3 Å². The van der Waals surface area contributed by atoms with Crippen LogP contribution in [0.4, 0.5) is 8.78 Å². The number of nitrogens with one attached hydrogen (secondary N) is 1. The van der Waals surface area contributed by atoms with Crippen molar-refractivity contribution < 1.29 is 13.5 Å². The van der Waals surface area contributed by atoms with Gasteiger partial charge >= 0.3 is 6.61 Å². The third-order valence-corrected chi connectivity index (χ3v) is 3.72. The number of hydrogen-bond donors (Lipinski definition) is 2. The minimum absolute atomic E-state index is 0.119. The first kappa shape index (κ1) is 14.8. The normalized spacial score (nSPS) is 12.7. The van der Waals surface area contributed by atoms with E-state index in [0.717, 1.165) is 16.3 Å². The van der Waals surface area contributed by atoms with Gasteiger partial charge < -0.3 is 4.74 Å². The highest BCUT2D eigenvalue weighted by molar-refractivity contribution is 7.09. The van der Waals surface area contributed by atoms with Crippen molar-refractivity contribution in [3.63, 3.8) is 0 Å². The number of thiazole rings is 1. The number of nitrogens with zero attached hydrogens (tertiary/aromatic N) is 1. The Bertz CT molecular complexity index is 562. The number of aromatic nitrogens is 1. The van der Waals surface area contributed by atoms with Crippen LogP contribution in [0, 0.1) is 6.92 Å². The Morgan fingerprint density at radius 2 is 2.25 bits per heavy atom. The van der Waals surface area contributed by atoms with E-state index in [1.165, 1.54) is 6.07 Å². The van der Waals surface area contributed by atoms with Crippen LogP contribution in [0.25, 0.3) is 0 Å². The number of halogens is 2. The number of aryl methyl sites for hydroxylation is 1. The van der Waals surface area contributed by atoms with Gasteiger partial charge in [-0.1, -0.05) is 12.1 Å².